The summed E-state index contributed by atoms with van der Waals surface area (Å²) in [7, 11) is 1.43. The zero-order valence-electron chi connectivity index (χ0n) is 11.0. The molecule has 0 aliphatic carbocycles. The van der Waals surface area contributed by atoms with E-state index >= 15 is 0 Å². The molecule has 0 saturated heterocycles. The summed E-state index contributed by atoms with van der Waals surface area (Å²) in [4.78, 5) is 22.4. The first-order valence-corrected chi connectivity index (χ1v) is 6.76. The Hall–Kier alpha value is -2.61. The van der Waals surface area contributed by atoms with Gasteiger partial charge < -0.3 is 15.2 Å². The number of ether oxygens (including phenoxy) is 1. The molecule has 0 radical (unpaired) electrons. The monoisotopic (exact) mass is 308 g/mol. The molecule has 0 amide bonds. The molecule has 2 aromatic rings. The fourth-order valence-electron chi connectivity index (χ4n) is 1.78. The van der Waals surface area contributed by atoms with Crippen molar-refractivity contribution in [2.75, 3.05) is 12.4 Å². The van der Waals surface area contributed by atoms with Crippen molar-refractivity contribution >= 4 is 28.7 Å². The van der Waals surface area contributed by atoms with E-state index in [0.717, 1.165) is 0 Å². The molecule has 110 valence electrons. The Labute approximate surface area is 123 Å². The molecule has 21 heavy (non-hydrogen) atoms. The number of anilines is 1. The lowest BCUT2D eigenvalue weighted by Gasteiger charge is -2.15. The smallest absolute Gasteiger partial charge is 0.331 e. The highest BCUT2D eigenvalue weighted by atomic mass is 32.1. The number of nitrogens with zero attached hydrogens (tertiary/aromatic N) is 1. The summed E-state index contributed by atoms with van der Waals surface area (Å²) < 4.78 is 5.01. The number of thiophene rings is 1. The van der Waals surface area contributed by atoms with Gasteiger partial charge >= 0.3 is 5.97 Å². The van der Waals surface area contributed by atoms with Gasteiger partial charge in [0.25, 0.3) is 5.69 Å². The Morgan fingerprint density at radius 1 is 1.48 bits per heavy atom. The first kappa shape index (κ1) is 14.8. The summed E-state index contributed by atoms with van der Waals surface area (Å²) in [5, 5.41) is 24.8. The molecule has 1 atom stereocenters. The molecule has 8 heteroatoms. The summed E-state index contributed by atoms with van der Waals surface area (Å²) >= 11 is 1.26. The van der Waals surface area contributed by atoms with E-state index in [1.807, 2.05) is 0 Å². The van der Waals surface area contributed by atoms with Gasteiger partial charge in [0, 0.05) is 17.0 Å². The SMILES string of the molecule is COc1ccc([N+](=O)[O-])c(NC(C(=O)O)c2cccs2)c1. The van der Waals surface area contributed by atoms with Gasteiger partial charge in [0.2, 0.25) is 0 Å². The number of aliphatic carboxylic acids is 1. The number of carboxylic acids is 1. The van der Waals surface area contributed by atoms with Crippen LogP contribution in [0, 0.1) is 10.1 Å². The Bertz CT molecular complexity index is 657. The number of nitrogens with one attached hydrogen (secondary N) is 1. The number of carbonyl (C=O) groups is 1. The van der Waals surface area contributed by atoms with Gasteiger partial charge in [-0.15, -0.1) is 11.3 Å². The summed E-state index contributed by atoms with van der Waals surface area (Å²) in [6, 6.07) is 6.44. The molecule has 2 N–H and O–H groups in total. The molecule has 7 nitrogen and oxygen atoms in total. The van der Waals surface area contributed by atoms with Gasteiger partial charge in [-0.05, 0) is 17.5 Å². The second-order valence-corrected chi connectivity index (χ2v) is 5.05. The van der Waals surface area contributed by atoms with Crippen molar-refractivity contribution in [1.82, 2.24) is 0 Å². The molecule has 0 fully saturated rings. The van der Waals surface area contributed by atoms with E-state index in [1.165, 1.54) is 36.6 Å². The number of hydrogen-bond donors (Lipinski definition) is 2. The van der Waals surface area contributed by atoms with Crippen LogP contribution >= 0.6 is 11.3 Å². The third kappa shape index (κ3) is 3.29. The predicted octanol–water partition coefficient (Wildman–Crippen LogP) is 2.90. The maximum absolute atomic E-state index is 11.4. The van der Waals surface area contributed by atoms with Gasteiger partial charge in [-0.2, -0.15) is 0 Å². The van der Waals surface area contributed by atoms with E-state index in [2.05, 4.69) is 5.32 Å². The number of nitro groups is 1. The summed E-state index contributed by atoms with van der Waals surface area (Å²) in [5.74, 6) is -0.715. The molecular weight excluding hydrogens is 296 g/mol. The lowest BCUT2D eigenvalue weighted by atomic mass is 10.2. The van der Waals surface area contributed by atoms with Gasteiger partial charge in [0.05, 0.1) is 12.0 Å². The molecule has 0 spiro atoms. The summed E-state index contributed by atoms with van der Waals surface area (Å²) in [6.45, 7) is 0. The first-order chi connectivity index (χ1) is 10.0. The number of nitro benzene ring substituents is 1. The zero-order chi connectivity index (χ0) is 15.4. The van der Waals surface area contributed by atoms with Crippen molar-refractivity contribution in [2.45, 2.75) is 6.04 Å². The highest BCUT2D eigenvalue weighted by Crippen LogP contribution is 2.32. The van der Waals surface area contributed by atoms with Gasteiger partial charge in [-0.3, -0.25) is 10.1 Å². The minimum Gasteiger partial charge on any atom is -0.497 e. The van der Waals surface area contributed by atoms with Crippen LogP contribution in [0.1, 0.15) is 10.9 Å². The van der Waals surface area contributed by atoms with Crippen LogP contribution in [0.5, 0.6) is 5.75 Å². The summed E-state index contributed by atoms with van der Waals surface area (Å²) in [6.07, 6.45) is 0. The Morgan fingerprint density at radius 3 is 2.76 bits per heavy atom. The average Bonchev–Trinajstić information content (AvgIpc) is 2.97. The molecule has 1 unspecified atom stereocenters. The summed E-state index contributed by atoms with van der Waals surface area (Å²) in [5.41, 5.74) is -0.112. The fraction of sp³-hybridized carbons (Fsp3) is 0.154. The van der Waals surface area contributed by atoms with Crippen LogP contribution in [0.2, 0.25) is 0 Å². The quantitative estimate of drug-likeness (QED) is 0.628. The number of rotatable bonds is 6. The van der Waals surface area contributed by atoms with Gasteiger partial charge in [0.15, 0.2) is 6.04 Å². The topological polar surface area (TPSA) is 102 Å². The average molecular weight is 308 g/mol. The van der Waals surface area contributed by atoms with E-state index in [1.54, 1.807) is 17.5 Å². The third-order valence-corrected chi connectivity index (χ3v) is 3.71. The van der Waals surface area contributed by atoms with Crippen LogP contribution < -0.4 is 10.1 Å². The largest absolute Gasteiger partial charge is 0.497 e. The van der Waals surface area contributed by atoms with E-state index in [4.69, 9.17) is 4.74 Å². The van der Waals surface area contributed by atoms with E-state index in [-0.39, 0.29) is 11.4 Å². The molecule has 1 heterocycles. The number of methoxy groups -OCH3 is 1. The van der Waals surface area contributed by atoms with E-state index in [9.17, 15) is 20.0 Å². The van der Waals surface area contributed by atoms with Crippen LogP contribution in [-0.4, -0.2) is 23.1 Å². The van der Waals surface area contributed by atoms with Crippen molar-refractivity contribution in [3.8, 4) is 5.75 Å². The van der Waals surface area contributed by atoms with Crippen molar-refractivity contribution in [3.05, 3.63) is 50.7 Å². The molecule has 1 aromatic carbocycles. The maximum atomic E-state index is 11.4. The molecule has 1 aromatic heterocycles. The van der Waals surface area contributed by atoms with Gasteiger partial charge in [0.1, 0.15) is 11.4 Å². The van der Waals surface area contributed by atoms with Crippen molar-refractivity contribution < 1.29 is 19.6 Å². The van der Waals surface area contributed by atoms with Crippen molar-refractivity contribution in [2.24, 2.45) is 0 Å². The molecule has 2 rings (SSSR count). The van der Waals surface area contributed by atoms with Crippen molar-refractivity contribution in [1.29, 1.82) is 0 Å². The Kier molecular flexibility index (Phi) is 4.39. The van der Waals surface area contributed by atoms with Crippen LogP contribution in [0.3, 0.4) is 0 Å². The first-order valence-electron chi connectivity index (χ1n) is 5.88. The maximum Gasteiger partial charge on any atom is 0.331 e. The number of carboxylic acid groups (broad SMARTS) is 1. The van der Waals surface area contributed by atoms with Crippen LogP contribution in [0.15, 0.2) is 35.7 Å². The van der Waals surface area contributed by atoms with E-state index in [0.29, 0.717) is 10.6 Å². The molecular formula is C13H12N2O5S. The normalized spacial score (nSPS) is 11.7. The standard InChI is InChI=1S/C13H12N2O5S/c1-20-8-4-5-10(15(18)19)9(7-8)14-12(13(16)17)11-3-2-6-21-11/h2-7,12,14H,1H3,(H,16,17). The van der Waals surface area contributed by atoms with Crippen LogP contribution in [-0.2, 0) is 4.79 Å². The van der Waals surface area contributed by atoms with Crippen LogP contribution in [0.25, 0.3) is 0 Å². The third-order valence-electron chi connectivity index (χ3n) is 2.77. The van der Waals surface area contributed by atoms with Crippen molar-refractivity contribution in [3.63, 3.8) is 0 Å². The zero-order valence-corrected chi connectivity index (χ0v) is 11.8. The lowest BCUT2D eigenvalue weighted by molar-refractivity contribution is -0.384. The van der Waals surface area contributed by atoms with E-state index < -0.39 is 16.9 Å². The molecule has 0 bridgehead atoms. The van der Waals surface area contributed by atoms with Gasteiger partial charge in [-0.25, -0.2) is 4.79 Å². The predicted molar refractivity (Wildman–Crippen MR) is 78.0 cm³/mol. The van der Waals surface area contributed by atoms with Crippen LogP contribution in [0.4, 0.5) is 11.4 Å². The van der Waals surface area contributed by atoms with Gasteiger partial charge in [-0.1, -0.05) is 6.07 Å². The number of benzene rings is 1. The fourth-order valence-corrected chi connectivity index (χ4v) is 2.55. The Balaban J connectivity index is 2.40. The highest BCUT2D eigenvalue weighted by Gasteiger charge is 2.24. The second-order valence-electron chi connectivity index (χ2n) is 4.07. The minimum absolute atomic E-state index is 0.0974. The highest BCUT2D eigenvalue weighted by molar-refractivity contribution is 7.10. The number of hydrogen-bond acceptors (Lipinski definition) is 6. The second kappa shape index (κ2) is 6.23. The minimum atomic E-state index is -1.12. The lowest BCUT2D eigenvalue weighted by Crippen LogP contribution is -2.20. The molecule has 0 aliphatic heterocycles. The Morgan fingerprint density at radius 2 is 2.24 bits per heavy atom. The molecule has 0 aliphatic rings. The molecule has 0 saturated carbocycles.